The van der Waals surface area contributed by atoms with Crippen molar-refractivity contribution in [1.82, 2.24) is 10.3 Å². The lowest BCUT2D eigenvalue weighted by Gasteiger charge is -2.19. The van der Waals surface area contributed by atoms with Gasteiger partial charge in [-0.25, -0.2) is 4.79 Å². The van der Waals surface area contributed by atoms with E-state index >= 15 is 0 Å². The Morgan fingerprint density at radius 2 is 2.11 bits per heavy atom. The molecule has 6 nitrogen and oxygen atoms in total. The van der Waals surface area contributed by atoms with Crippen molar-refractivity contribution >= 4 is 17.7 Å². The smallest absolute Gasteiger partial charge is 0.407 e. The molecule has 2 N–H and O–H groups in total. The van der Waals surface area contributed by atoms with Crippen LogP contribution in [-0.4, -0.2) is 29.1 Å². The molecule has 0 aromatic carbocycles. The Hall–Kier alpha value is -2.11. The molecule has 0 saturated carbocycles. The first-order chi connectivity index (χ1) is 8.87. The summed E-state index contributed by atoms with van der Waals surface area (Å²) in [6, 6.07) is 3.47. The van der Waals surface area contributed by atoms with E-state index in [-0.39, 0.29) is 18.9 Å². The third-order valence-corrected chi connectivity index (χ3v) is 1.97. The summed E-state index contributed by atoms with van der Waals surface area (Å²) in [5, 5.41) is 5.19. The molecule has 0 aliphatic rings. The summed E-state index contributed by atoms with van der Waals surface area (Å²) >= 11 is 0. The summed E-state index contributed by atoms with van der Waals surface area (Å²) in [4.78, 5) is 26.8. The van der Waals surface area contributed by atoms with Crippen LogP contribution in [0.25, 0.3) is 0 Å². The number of nitrogens with zero attached hydrogens (tertiary/aromatic N) is 1. The first-order valence-corrected chi connectivity index (χ1v) is 6.03. The molecule has 1 aromatic heterocycles. The average Bonchev–Trinajstić information content (AvgIpc) is 2.27. The summed E-state index contributed by atoms with van der Waals surface area (Å²) in [5.41, 5.74) is 0.0898. The Labute approximate surface area is 112 Å². The Bertz CT molecular complexity index is 427. The number of aromatic nitrogens is 1. The molecular formula is C13H19N3O3. The van der Waals surface area contributed by atoms with Gasteiger partial charge in [-0.05, 0) is 32.9 Å². The van der Waals surface area contributed by atoms with E-state index in [1.54, 1.807) is 45.3 Å². The maximum absolute atomic E-state index is 11.5. The number of anilines is 1. The number of carbonyl (C=O) groups excluding carboxylic acids is 2. The highest BCUT2D eigenvalue weighted by molar-refractivity contribution is 5.90. The number of carbonyl (C=O) groups is 2. The third kappa shape index (κ3) is 7.03. The van der Waals surface area contributed by atoms with Gasteiger partial charge in [-0.2, -0.15) is 0 Å². The molecule has 6 heteroatoms. The lowest BCUT2D eigenvalue weighted by Crippen LogP contribution is -2.34. The van der Waals surface area contributed by atoms with Crippen molar-refractivity contribution in [3.63, 3.8) is 0 Å². The third-order valence-electron chi connectivity index (χ3n) is 1.97. The van der Waals surface area contributed by atoms with Gasteiger partial charge in [0, 0.05) is 19.2 Å². The first kappa shape index (κ1) is 14.9. The van der Waals surface area contributed by atoms with E-state index in [4.69, 9.17) is 4.74 Å². The molecule has 0 saturated heterocycles. The van der Waals surface area contributed by atoms with Crippen LogP contribution in [-0.2, 0) is 9.53 Å². The largest absolute Gasteiger partial charge is 0.444 e. The Balaban J connectivity index is 2.23. The van der Waals surface area contributed by atoms with E-state index in [0.717, 1.165) is 0 Å². The Morgan fingerprint density at radius 3 is 2.68 bits per heavy atom. The van der Waals surface area contributed by atoms with Crippen LogP contribution in [0.2, 0.25) is 0 Å². The highest BCUT2D eigenvalue weighted by atomic mass is 16.6. The fourth-order valence-corrected chi connectivity index (χ4v) is 1.25. The molecule has 0 bridgehead atoms. The van der Waals surface area contributed by atoms with Crippen LogP contribution in [0.1, 0.15) is 27.2 Å². The van der Waals surface area contributed by atoms with Gasteiger partial charge in [0.2, 0.25) is 5.91 Å². The molecule has 0 radical (unpaired) electrons. The number of alkyl carbamates (subject to hydrolysis) is 1. The van der Waals surface area contributed by atoms with Gasteiger partial charge in [0.05, 0.1) is 11.9 Å². The quantitative estimate of drug-likeness (QED) is 0.871. The summed E-state index contributed by atoms with van der Waals surface area (Å²) in [6.45, 7) is 5.56. The molecule has 104 valence electrons. The van der Waals surface area contributed by atoms with Crippen LogP contribution in [0.4, 0.5) is 10.5 Å². The zero-order chi connectivity index (χ0) is 14.3. The summed E-state index contributed by atoms with van der Waals surface area (Å²) in [5.74, 6) is -0.191. The van der Waals surface area contributed by atoms with Gasteiger partial charge in [-0.3, -0.25) is 9.78 Å². The zero-order valence-electron chi connectivity index (χ0n) is 11.4. The minimum absolute atomic E-state index is 0.175. The van der Waals surface area contributed by atoms with Crippen LogP contribution in [0.15, 0.2) is 24.5 Å². The monoisotopic (exact) mass is 265 g/mol. The molecule has 0 aliphatic carbocycles. The SMILES string of the molecule is CC(C)(C)OC(=O)NCCC(=O)Nc1cccnc1. The van der Waals surface area contributed by atoms with E-state index < -0.39 is 11.7 Å². The van der Waals surface area contributed by atoms with Gasteiger partial charge < -0.3 is 15.4 Å². The first-order valence-electron chi connectivity index (χ1n) is 6.03. The minimum Gasteiger partial charge on any atom is -0.444 e. The topological polar surface area (TPSA) is 80.3 Å². The maximum atomic E-state index is 11.5. The van der Waals surface area contributed by atoms with E-state index in [2.05, 4.69) is 15.6 Å². The van der Waals surface area contributed by atoms with Gasteiger partial charge in [0.15, 0.2) is 0 Å². The van der Waals surface area contributed by atoms with Crippen molar-refractivity contribution in [2.75, 3.05) is 11.9 Å². The maximum Gasteiger partial charge on any atom is 0.407 e. The van der Waals surface area contributed by atoms with Crippen molar-refractivity contribution in [3.8, 4) is 0 Å². The van der Waals surface area contributed by atoms with Crippen LogP contribution in [0.5, 0.6) is 0 Å². The normalized spacial score (nSPS) is 10.7. The Kier molecular flexibility index (Phi) is 5.29. The summed E-state index contributed by atoms with van der Waals surface area (Å²) in [7, 11) is 0. The predicted molar refractivity (Wildman–Crippen MR) is 71.7 cm³/mol. The molecule has 0 unspecified atom stereocenters. The summed E-state index contributed by atoms with van der Waals surface area (Å²) < 4.78 is 5.05. The van der Waals surface area contributed by atoms with Crippen LogP contribution in [0, 0.1) is 0 Å². The number of hydrogen-bond acceptors (Lipinski definition) is 4. The van der Waals surface area contributed by atoms with Gasteiger partial charge in [0.1, 0.15) is 5.60 Å². The molecule has 0 spiro atoms. The van der Waals surface area contributed by atoms with Gasteiger partial charge >= 0.3 is 6.09 Å². The fraction of sp³-hybridized carbons (Fsp3) is 0.462. The molecule has 2 amide bonds. The van der Waals surface area contributed by atoms with Crippen LogP contribution >= 0.6 is 0 Å². The number of rotatable bonds is 4. The Morgan fingerprint density at radius 1 is 1.37 bits per heavy atom. The molecule has 0 atom stereocenters. The molecular weight excluding hydrogens is 246 g/mol. The lowest BCUT2D eigenvalue weighted by atomic mass is 10.2. The van der Waals surface area contributed by atoms with Crippen molar-refractivity contribution < 1.29 is 14.3 Å². The van der Waals surface area contributed by atoms with Crippen molar-refractivity contribution in [2.45, 2.75) is 32.8 Å². The number of hydrogen-bond donors (Lipinski definition) is 2. The molecule has 19 heavy (non-hydrogen) atoms. The number of ether oxygens (including phenoxy) is 1. The van der Waals surface area contributed by atoms with E-state index in [9.17, 15) is 9.59 Å². The van der Waals surface area contributed by atoms with Crippen molar-refractivity contribution in [2.24, 2.45) is 0 Å². The van der Waals surface area contributed by atoms with Gasteiger partial charge in [-0.15, -0.1) is 0 Å². The molecule has 0 fully saturated rings. The van der Waals surface area contributed by atoms with E-state index in [1.807, 2.05) is 0 Å². The highest BCUT2D eigenvalue weighted by Crippen LogP contribution is 2.06. The van der Waals surface area contributed by atoms with E-state index in [0.29, 0.717) is 5.69 Å². The summed E-state index contributed by atoms with van der Waals surface area (Å²) in [6.07, 6.45) is 2.83. The lowest BCUT2D eigenvalue weighted by molar-refractivity contribution is -0.116. The van der Waals surface area contributed by atoms with Crippen molar-refractivity contribution in [3.05, 3.63) is 24.5 Å². The number of nitrogens with one attached hydrogen (secondary N) is 2. The second-order valence-corrected chi connectivity index (χ2v) is 4.97. The van der Waals surface area contributed by atoms with Crippen LogP contribution < -0.4 is 10.6 Å². The second kappa shape index (κ2) is 6.72. The highest BCUT2D eigenvalue weighted by Gasteiger charge is 2.15. The molecule has 0 aliphatic heterocycles. The van der Waals surface area contributed by atoms with Gasteiger partial charge in [0.25, 0.3) is 0 Å². The molecule has 1 aromatic rings. The van der Waals surface area contributed by atoms with Crippen LogP contribution in [0.3, 0.4) is 0 Å². The fourth-order valence-electron chi connectivity index (χ4n) is 1.25. The predicted octanol–water partition coefficient (Wildman–Crippen LogP) is 1.93. The van der Waals surface area contributed by atoms with E-state index in [1.165, 1.54) is 0 Å². The standard InChI is InChI=1S/C13H19N3O3/c1-13(2,3)19-12(18)15-8-6-11(17)16-10-5-4-7-14-9-10/h4-5,7,9H,6,8H2,1-3H3,(H,15,18)(H,16,17). The number of pyridine rings is 1. The molecule has 1 heterocycles. The number of amides is 2. The van der Waals surface area contributed by atoms with Gasteiger partial charge in [-0.1, -0.05) is 0 Å². The van der Waals surface area contributed by atoms with Crippen molar-refractivity contribution in [1.29, 1.82) is 0 Å². The molecule has 1 rings (SSSR count). The minimum atomic E-state index is -0.540. The second-order valence-electron chi connectivity index (χ2n) is 4.97. The zero-order valence-corrected chi connectivity index (χ0v) is 11.4. The average molecular weight is 265 g/mol.